The van der Waals surface area contributed by atoms with E-state index in [2.05, 4.69) is 29.2 Å². The summed E-state index contributed by atoms with van der Waals surface area (Å²) in [4.78, 5) is 26.6. The van der Waals surface area contributed by atoms with Gasteiger partial charge in [0.15, 0.2) is 0 Å². The highest BCUT2D eigenvalue weighted by Crippen LogP contribution is 2.17. The Morgan fingerprint density at radius 2 is 2.14 bits per heavy atom. The van der Waals surface area contributed by atoms with Crippen LogP contribution in [0.3, 0.4) is 0 Å². The second-order valence-corrected chi connectivity index (χ2v) is 5.75. The Hall–Kier alpha value is -1.69. The predicted octanol–water partition coefficient (Wildman–Crippen LogP) is 0.751. The van der Waals surface area contributed by atoms with Crippen LogP contribution in [0.15, 0.2) is 10.9 Å². The Morgan fingerprint density at radius 1 is 1.41 bits per heavy atom. The van der Waals surface area contributed by atoms with Crippen molar-refractivity contribution in [3.05, 3.63) is 27.7 Å². The molecule has 0 spiro atoms. The maximum absolute atomic E-state index is 12.2. The summed E-state index contributed by atoms with van der Waals surface area (Å²) in [6, 6.07) is 1.06. The Bertz CT molecular complexity index is 578. The van der Waals surface area contributed by atoms with Gasteiger partial charge < -0.3 is 10.2 Å². The van der Waals surface area contributed by atoms with E-state index in [1.165, 1.54) is 4.68 Å². The van der Waals surface area contributed by atoms with Gasteiger partial charge in [0.2, 0.25) is 5.91 Å². The number of nitrogens with one attached hydrogen (secondary N) is 1. The van der Waals surface area contributed by atoms with Crippen molar-refractivity contribution < 1.29 is 4.79 Å². The fourth-order valence-corrected chi connectivity index (χ4v) is 2.83. The summed E-state index contributed by atoms with van der Waals surface area (Å²) in [7, 11) is 0. The molecular formula is C16H26N4O2. The first-order valence-corrected chi connectivity index (χ1v) is 8.18. The third kappa shape index (κ3) is 3.74. The van der Waals surface area contributed by atoms with E-state index in [0.29, 0.717) is 6.54 Å². The summed E-state index contributed by atoms with van der Waals surface area (Å²) < 4.78 is 1.32. The number of aromatic nitrogens is 2. The highest BCUT2D eigenvalue weighted by atomic mass is 16.2. The normalized spacial score (nSPS) is 14.9. The van der Waals surface area contributed by atoms with Gasteiger partial charge in [0.05, 0.1) is 5.69 Å². The molecule has 1 aromatic heterocycles. The third-order valence-electron chi connectivity index (χ3n) is 4.35. The van der Waals surface area contributed by atoms with Crippen LogP contribution in [0.2, 0.25) is 0 Å². The summed E-state index contributed by atoms with van der Waals surface area (Å²) in [6.45, 7) is 9.26. The number of carbonyl (C=O) groups is 1. The quantitative estimate of drug-likeness (QED) is 0.807. The summed E-state index contributed by atoms with van der Waals surface area (Å²) >= 11 is 0. The lowest BCUT2D eigenvalue weighted by molar-refractivity contribution is -0.124. The van der Waals surface area contributed by atoms with Crippen molar-refractivity contribution in [2.24, 2.45) is 0 Å². The Morgan fingerprint density at radius 3 is 2.82 bits per heavy atom. The van der Waals surface area contributed by atoms with Crippen LogP contribution in [0.5, 0.6) is 0 Å². The molecule has 0 aromatic carbocycles. The molecule has 6 heteroatoms. The molecule has 122 valence electrons. The fourth-order valence-electron chi connectivity index (χ4n) is 2.83. The zero-order chi connectivity index (χ0) is 16.1. The first kappa shape index (κ1) is 16.7. The summed E-state index contributed by atoms with van der Waals surface area (Å²) in [5.74, 6) is -0.153. The molecule has 2 rings (SSSR count). The van der Waals surface area contributed by atoms with Crippen LogP contribution in [0.4, 0.5) is 0 Å². The number of nitrogens with zero attached hydrogens (tertiary/aromatic N) is 3. The number of aryl methyl sites for hydroxylation is 2. The van der Waals surface area contributed by atoms with Crippen molar-refractivity contribution in [2.75, 3.05) is 26.2 Å². The number of amides is 1. The van der Waals surface area contributed by atoms with Crippen LogP contribution in [0, 0.1) is 0 Å². The maximum atomic E-state index is 12.2. The average molecular weight is 306 g/mol. The van der Waals surface area contributed by atoms with Crippen LogP contribution in [-0.4, -0.2) is 46.8 Å². The van der Waals surface area contributed by atoms with Crippen LogP contribution in [0.25, 0.3) is 0 Å². The standard InChI is InChI=1S/C16H26N4O2/c1-4-19(5-2)10-9-17-16(22)12(3)20-15(21)11-13-7-6-8-14(13)18-20/h11-12H,4-10H2,1-3H3,(H,17,22). The molecule has 0 bridgehead atoms. The molecular weight excluding hydrogens is 280 g/mol. The van der Waals surface area contributed by atoms with Gasteiger partial charge in [-0.2, -0.15) is 5.10 Å². The molecule has 6 nitrogen and oxygen atoms in total. The monoisotopic (exact) mass is 306 g/mol. The van der Waals surface area contributed by atoms with E-state index in [0.717, 1.165) is 50.2 Å². The van der Waals surface area contributed by atoms with E-state index in [-0.39, 0.29) is 11.5 Å². The first-order chi connectivity index (χ1) is 10.6. The van der Waals surface area contributed by atoms with E-state index in [1.807, 2.05) is 0 Å². The number of carbonyl (C=O) groups excluding carboxylic acids is 1. The van der Waals surface area contributed by atoms with Crippen LogP contribution >= 0.6 is 0 Å². The highest BCUT2D eigenvalue weighted by molar-refractivity contribution is 5.79. The molecule has 22 heavy (non-hydrogen) atoms. The average Bonchev–Trinajstić information content (AvgIpc) is 2.97. The van der Waals surface area contributed by atoms with Gasteiger partial charge in [0.1, 0.15) is 6.04 Å². The molecule has 1 aliphatic carbocycles. The van der Waals surface area contributed by atoms with E-state index >= 15 is 0 Å². The minimum Gasteiger partial charge on any atom is -0.353 e. The SMILES string of the molecule is CCN(CC)CCNC(=O)C(C)n1nc2c(cc1=O)CCC2. The molecule has 1 amide bonds. The van der Waals surface area contributed by atoms with Gasteiger partial charge in [0, 0.05) is 19.2 Å². The van der Waals surface area contributed by atoms with Crippen molar-refractivity contribution in [2.45, 2.75) is 46.1 Å². The fraction of sp³-hybridized carbons (Fsp3) is 0.688. The molecule has 0 radical (unpaired) electrons. The zero-order valence-corrected chi connectivity index (χ0v) is 13.8. The van der Waals surface area contributed by atoms with E-state index in [4.69, 9.17) is 0 Å². The van der Waals surface area contributed by atoms with Gasteiger partial charge in [-0.1, -0.05) is 13.8 Å². The third-order valence-corrected chi connectivity index (χ3v) is 4.35. The number of hydrogen-bond donors (Lipinski definition) is 1. The summed E-state index contributed by atoms with van der Waals surface area (Å²) in [6.07, 6.45) is 2.85. The van der Waals surface area contributed by atoms with Crippen LogP contribution in [0.1, 0.15) is 44.5 Å². The van der Waals surface area contributed by atoms with Crippen molar-refractivity contribution in [3.63, 3.8) is 0 Å². The molecule has 0 fully saturated rings. The van der Waals surface area contributed by atoms with E-state index < -0.39 is 6.04 Å². The lowest BCUT2D eigenvalue weighted by Crippen LogP contribution is -2.40. The Kier molecular flexibility index (Phi) is 5.71. The number of fused-ring (bicyclic) bond motifs is 1. The molecule has 1 atom stereocenters. The van der Waals surface area contributed by atoms with Crippen molar-refractivity contribution in [1.82, 2.24) is 20.0 Å². The molecule has 0 aliphatic heterocycles. The second kappa shape index (κ2) is 7.54. The minimum absolute atomic E-state index is 0.153. The molecule has 0 saturated carbocycles. The molecule has 1 heterocycles. The lowest BCUT2D eigenvalue weighted by Gasteiger charge is -2.19. The van der Waals surface area contributed by atoms with Gasteiger partial charge in [-0.05, 0) is 44.8 Å². The Labute approximate surface area is 131 Å². The number of rotatable bonds is 7. The zero-order valence-electron chi connectivity index (χ0n) is 13.8. The smallest absolute Gasteiger partial charge is 0.267 e. The van der Waals surface area contributed by atoms with Crippen LogP contribution < -0.4 is 10.9 Å². The summed E-state index contributed by atoms with van der Waals surface area (Å²) in [5.41, 5.74) is 1.81. The minimum atomic E-state index is -0.574. The van der Waals surface area contributed by atoms with Gasteiger partial charge >= 0.3 is 0 Å². The van der Waals surface area contributed by atoms with Gasteiger partial charge in [-0.25, -0.2) is 4.68 Å². The van der Waals surface area contributed by atoms with Gasteiger partial charge in [0.25, 0.3) is 5.56 Å². The predicted molar refractivity (Wildman–Crippen MR) is 86.0 cm³/mol. The van der Waals surface area contributed by atoms with Crippen molar-refractivity contribution in [3.8, 4) is 0 Å². The lowest BCUT2D eigenvalue weighted by atomic mass is 10.2. The maximum Gasteiger partial charge on any atom is 0.267 e. The largest absolute Gasteiger partial charge is 0.353 e. The summed E-state index contributed by atoms with van der Waals surface area (Å²) in [5, 5.41) is 7.28. The molecule has 0 saturated heterocycles. The molecule has 1 N–H and O–H groups in total. The second-order valence-electron chi connectivity index (χ2n) is 5.75. The number of hydrogen-bond acceptors (Lipinski definition) is 4. The van der Waals surface area contributed by atoms with E-state index in [9.17, 15) is 9.59 Å². The van der Waals surface area contributed by atoms with Crippen LogP contribution in [-0.2, 0) is 17.6 Å². The van der Waals surface area contributed by atoms with Crippen molar-refractivity contribution in [1.29, 1.82) is 0 Å². The topological polar surface area (TPSA) is 67.2 Å². The molecule has 1 aromatic rings. The molecule has 1 unspecified atom stereocenters. The number of likely N-dealkylation sites (N-methyl/N-ethyl adjacent to an activating group) is 1. The molecule has 1 aliphatic rings. The first-order valence-electron chi connectivity index (χ1n) is 8.18. The van der Waals surface area contributed by atoms with E-state index in [1.54, 1.807) is 13.0 Å². The van der Waals surface area contributed by atoms with Gasteiger partial charge in [-0.3, -0.25) is 9.59 Å². The van der Waals surface area contributed by atoms with Crippen molar-refractivity contribution >= 4 is 5.91 Å². The Balaban J connectivity index is 1.98. The highest BCUT2D eigenvalue weighted by Gasteiger charge is 2.21. The van der Waals surface area contributed by atoms with Gasteiger partial charge in [-0.15, -0.1) is 0 Å².